The van der Waals surface area contributed by atoms with Crippen LogP contribution in [0.25, 0.3) is 0 Å². The van der Waals surface area contributed by atoms with Crippen molar-refractivity contribution < 1.29 is 9.53 Å². The largest absolute Gasteiger partial charge is 0.497 e. The summed E-state index contributed by atoms with van der Waals surface area (Å²) in [4.78, 5) is 16.5. The first-order chi connectivity index (χ1) is 9.51. The predicted molar refractivity (Wildman–Crippen MR) is 81.6 cm³/mol. The molecule has 0 aliphatic rings. The van der Waals surface area contributed by atoms with Crippen LogP contribution in [0.15, 0.2) is 23.6 Å². The summed E-state index contributed by atoms with van der Waals surface area (Å²) in [5.74, 6) is 0.688. The lowest BCUT2D eigenvalue weighted by molar-refractivity contribution is 0.102. The Hall–Kier alpha value is -2.08. The van der Waals surface area contributed by atoms with Crippen molar-refractivity contribution in [1.82, 2.24) is 4.98 Å². The normalized spacial score (nSPS) is 10.6. The number of anilines is 2. The van der Waals surface area contributed by atoms with Gasteiger partial charge in [-0.3, -0.25) is 10.1 Å². The Morgan fingerprint density at radius 1 is 1.45 bits per heavy atom. The van der Waals surface area contributed by atoms with E-state index in [2.05, 4.69) is 24.1 Å². The highest BCUT2D eigenvalue weighted by molar-refractivity contribution is 7.14. The standard InChI is InChI=1S/C14H17N3O2S/c1-8(2)12-7-20-14(16-12)17-13(18)10-5-4-9(19-3)6-11(10)15/h4-8H,15H2,1-3H3,(H,16,17,18). The highest BCUT2D eigenvalue weighted by Crippen LogP contribution is 2.24. The molecule has 0 saturated carbocycles. The van der Waals surface area contributed by atoms with E-state index in [0.717, 1.165) is 5.69 Å². The minimum absolute atomic E-state index is 0.269. The predicted octanol–water partition coefficient (Wildman–Crippen LogP) is 3.11. The van der Waals surface area contributed by atoms with Crippen LogP contribution in [0.1, 0.15) is 35.8 Å². The molecule has 0 atom stereocenters. The van der Waals surface area contributed by atoms with E-state index in [1.807, 2.05) is 5.38 Å². The Labute approximate surface area is 121 Å². The number of rotatable bonds is 4. The molecule has 0 saturated heterocycles. The number of nitrogens with zero attached hydrogens (tertiary/aromatic N) is 1. The summed E-state index contributed by atoms with van der Waals surface area (Å²) < 4.78 is 5.06. The van der Waals surface area contributed by atoms with Crippen molar-refractivity contribution >= 4 is 28.1 Å². The van der Waals surface area contributed by atoms with E-state index in [1.165, 1.54) is 11.3 Å². The smallest absolute Gasteiger partial charge is 0.259 e. The van der Waals surface area contributed by atoms with Crippen LogP contribution in [0.3, 0.4) is 0 Å². The average Bonchev–Trinajstić information content (AvgIpc) is 2.87. The van der Waals surface area contributed by atoms with E-state index in [9.17, 15) is 4.79 Å². The molecule has 1 heterocycles. The van der Waals surface area contributed by atoms with Crippen LogP contribution in [-0.2, 0) is 0 Å². The second-order valence-electron chi connectivity index (χ2n) is 4.64. The van der Waals surface area contributed by atoms with Crippen LogP contribution in [0.2, 0.25) is 0 Å². The van der Waals surface area contributed by atoms with E-state index in [-0.39, 0.29) is 5.91 Å². The number of ether oxygens (including phenoxy) is 1. The van der Waals surface area contributed by atoms with Crippen molar-refractivity contribution in [3.05, 3.63) is 34.8 Å². The Morgan fingerprint density at radius 2 is 2.20 bits per heavy atom. The van der Waals surface area contributed by atoms with Gasteiger partial charge < -0.3 is 10.5 Å². The second-order valence-corrected chi connectivity index (χ2v) is 5.50. The number of thiazole rings is 1. The summed E-state index contributed by atoms with van der Waals surface area (Å²) in [5, 5.41) is 5.28. The lowest BCUT2D eigenvalue weighted by atomic mass is 10.1. The van der Waals surface area contributed by atoms with E-state index in [4.69, 9.17) is 10.5 Å². The second kappa shape index (κ2) is 5.92. The first-order valence-corrected chi connectivity index (χ1v) is 7.09. The van der Waals surface area contributed by atoms with Crippen LogP contribution in [-0.4, -0.2) is 18.0 Å². The van der Waals surface area contributed by atoms with Gasteiger partial charge in [-0.25, -0.2) is 4.98 Å². The number of carbonyl (C=O) groups is 1. The molecule has 0 unspecified atom stereocenters. The monoisotopic (exact) mass is 291 g/mol. The molecule has 0 radical (unpaired) electrons. The molecule has 20 heavy (non-hydrogen) atoms. The van der Waals surface area contributed by atoms with Crippen LogP contribution in [0.4, 0.5) is 10.8 Å². The molecule has 3 N–H and O–H groups in total. The third-order valence-electron chi connectivity index (χ3n) is 2.84. The Bertz CT molecular complexity index is 623. The van der Waals surface area contributed by atoms with Gasteiger partial charge in [0.25, 0.3) is 5.91 Å². The van der Waals surface area contributed by atoms with Crippen LogP contribution in [0.5, 0.6) is 5.75 Å². The van der Waals surface area contributed by atoms with Gasteiger partial charge in [-0.2, -0.15) is 0 Å². The first kappa shape index (κ1) is 14.3. The van der Waals surface area contributed by atoms with E-state index < -0.39 is 0 Å². The molecular formula is C14H17N3O2S. The zero-order chi connectivity index (χ0) is 14.7. The van der Waals surface area contributed by atoms with Crippen molar-refractivity contribution in [3.63, 3.8) is 0 Å². The average molecular weight is 291 g/mol. The zero-order valence-corrected chi connectivity index (χ0v) is 12.5. The van der Waals surface area contributed by atoms with Gasteiger partial charge in [0.2, 0.25) is 0 Å². The molecule has 0 fully saturated rings. The van der Waals surface area contributed by atoms with Crippen molar-refractivity contribution in [2.75, 3.05) is 18.2 Å². The molecule has 2 rings (SSSR count). The van der Waals surface area contributed by atoms with Gasteiger partial charge in [-0.05, 0) is 18.1 Å². The van der Waals surface area contributed by atoms with E-state index in [1.54, 1.807) is 25.3 Å². The maximum absolute atomic E-state index is 12.1. The lowest BCUT2D eigenvalue weighted by Crippen LogP contribution is -2.14. The van der Waals surface area contributed by atoms with E-state index in [0.29, 0.717) is 28.0 Å². The van der Waals surface area contributed by atoms with Gasteiger partial charge in [0, 0.05) is 17.1 Å². The number of nitrogen functional groups attached to an aromatic ring is 1. The molecule has 1 aromatic carbocycles. The highest BCUT2D eigenvalue weighted by atomic mass is 32.1. The summed E-state index contributed by atoms with van der Waals surface area (Å²) in [6.07, 6.45) is 0. The number of carbonyl (C=O) groups excluding carboxylic acids is 1. The molecule has 1 amide bonds. The van der Waals surface area contributed by atoms with Gasteiger partial charge in [0.05, 0.1) is 18.4 Å². The van der Waals surface area contributed by atoms with Gasteiger partial charge in [-0.1, -0.05) is 13.8 Å². The summed E-state index contributed by atoms with van der Waals surface area (Å²) >= 11 is 1.41. The number of hydrogen-bond donors (Lipinski definition) is 2. The summed E-state index contributed by atoms with van der Waals surface area (Å²) in [7, 11) is 1.55. The van der Waals surface area contributed by atoms with Gasteiger partial charge >= 0.3 is 0 Å². The molecule has 5 nitrogen and oxygen atoms in total. The molecule has 0 aliphatic heterocycles. The maximum atomic E-state index is 12.1. The fourth-order valence-corrected chi connectivity index (χ4v) is 2.51. The molecule has 106 valence electrons. The molecule has 0 bridgehead atoms. The number of nitrogens with one attached hydrogen (secondary N) is 1. The van der Waals surface area contributed by atoms with Crippen LogP contribution < -0.4 is 15.8 Å². The highest BCUT2D eigenvalue weighted by Gasteiger charge is 2.13. The number of aromatic nitrogens is 1. The van der Waals surface area contributed by atoms with Crippen molar-refractivity contribution in [3.8, 4) is 5.75 Å². The minimum atomic E-state index is -0.269. The van der Waals surface area contributed by atoms with Crippen molar-refractivity contribution in [2.24, 2.45) is 0 Å². The minimum Gasteiger partial charge on any atom is -0.497 e. The number of hydrogen-bond acceptors (Lipinski definition) is 5. The molecule has 2 aromatic rings. The molecule has 0 aliphatic carbocycles. The van der Waals surface area contributed by atoms with Crippen LogP contribution in [0, 0.1) is 0 Å². The fraction of sp³-hybridized carbons (Fsp3) is 0.286. The third-order valence-corrected chi connectivity index (χ3v) is 3.61. The Kier molecular flexibility index (Phi) is 4.24. The topological polar surface area (TPSA) is 77.2 Å². The molecular weight excluding hydrogens is 274 g/mol. The third kappa shape index (κ3) is 3.08. The number of methoxy groups -OCH3 is 1. The number of amides is 1. The Morgan fingerprint density at radius 3 is 2.75 bits per heavy atom. The van der Waals surface area contributed by atoms with Crippen LogP contribution >= 0.6 is 11.3 Å². The molecule has 0 spiro atoms. The Balaban J connectivity index is 2.15. The summed E-state index contributed by atoms with van der Waals surface area (Å²) in [6, 6.07) is 4.96. The number of nitrogens with two attached hydrogens (primary N) is 1. The first-order valence-electron chi connectivity index (χ1n) is 6.21. The molecule has 1 aromatic heterocycles. The van der Waals surface area contributed by atoms with Gasteiger partial charge in [0.15, 0.2) is 5.13 Å². The SMILES string of the molecule is COc1ccc(C(=O)Nc2nc(C(C)C)cs2)c(N)c1. The van der Waals surface area contributed by atoms with Gasteiger partial charge in [0.1, 0.15) is 5.75 Å². The van der Waals surface area contributed by atoms with Crippen molar-refractivity contribution in [2.45, 2.75) is 19.8 Å². The zero-order valence-electron chi connectivity index (χ0n) is 11.6. The van der Waals surface area contributed by atoms with E-state index >= 15 is 0 Å². The molecule has 6 heteroatoms. The fourth-order valence-electron chi connectivity index (χ4n) is 1.65. The summed E-state index contributed by atoms with van der Waals surface area (Å²) in [6.45, 7) is 4.12. The van der Waals surface area contributed by atoms with Gasteiger partial charge in [-0.15, -0.1) is 11.3 Å². The maximum Gasteiger partial charge on any atom is 0.259 e. The lowest BCUT2D eigenvalue weighted by Gasteiger charge is -2.07. The quantitative estimate of drug-likeness (QED) is 0.848. The number of benzene rings is 1. The summed E-state index contributed by atoms with van der Waals surface area (Å²) in [5.41, 5.74) is 7.60. The van der Waals surface area contributed by atoms with Crippen molar-refractivity contribution in [1.29, 1.82) is 0 Å².